The van der Waals surface area contributed by atoms with Gasteiger partial charge >= 0.3 is 16.4 Å². The maximum atomic E-state index is 9.83. The molecule has 0 bridgehead atoms. The standard InChI is InChI=1S/C5H8O2.2C3H9N.CH4O4S/c1-3-4(2)5(6)7;2*1-4(2)3;1-5-6(2,3)4/h2-3H2,1H3,(H,6,7);2*1-3H3;1H3,(H,2,3,4). The van der Waals surface area contributed by atoms with Gasteiger partial charge in [0.25, 0.3) is 0 Å². The maximum Gasteiger partial charge on any atom is 0.397 e. The molecule has 0 unspecified atom stereocenters. The molecule has 0 spiro atoms. The van der Waals surface area contributed by atoms with Gasteiger partial charge in [0.05, 0.1) is 7.11 Å². The smallest absolute Gasteiger partial charge is 0.397 e. The second-order valence-electron chi connectivity index (χ2n) is 4.54. The van der Waals surface area contributed by atoms with E-state index in [0.29, 0.717) is 6.42 Å². The van der Waals surface area contributed by atoms with Crippen LogP contribution in [0, 0.1) is 0 Å². The van der Waals surface area contributed by atoms with E-state index in [1.807, 2.05) is 52.1 Å². The van der Waals surface area contributed by atoms with E-state index in [2.05, 4.69) is 10.8 Å². The van der Waals surface area contributed by atoms with E-state index in [-0.39, 0.29) is 5.57 Å². The van der Waals surface area contributed by atoms with Crippen LogP contribution in [0.25, 0.3) is 0 Å². The summed E-state index contributed by atoms with van der Waals surface area (Å²) >= 11 is 0. The number of carboxylic acids is 1. The van der Waals surface area contributed by atoms with Gasteiger partial charge in [0.15, 0.2) is 0 Å². The molecule has 0 aromatic heterocycles. The van der Waals surface area contributed by atoms with Crippen molar-refractivity contribution in [3.63, 3.8) is 0 Å². The molecule has 8 nitrogen and oxygen atoms in total. The number of hydrogen-bond acceptors (Lipinski definition) is 6. The molecule has 0 rings (SSSR count). The summed E-state index contributed by atoms with van der Waals surface area (Å²) in [5, 5.41) is 8.08. The van der Waals surface area contributed by atoms with E-state index < -0.39 is 16.4 Å². The monoisotopic (exact) mass is 330 g/mol. The highest BCUT2D eigenvalue weighted by atomic mass is 32.3. The summed E-state index contributed by atoms with van der Waals surface area (Å²) in [6.45, 7) is 5.03. The SMILES string of the molecule is C=C(CC)C(=O)O.CN(C)C.CN(C)C.COS(=O)(=O)O. The second kappa shape index (κ2) is 17.1. The minimum Gasteiger partial charge on any atom is -0.478 e. The molecule has 0 saturated heterocycles. The Kier molecular flexibility index (Phi) is 22.9. The molecule has 0 fully saturated rings. The first-order valence-electron chi connectivity index (χ1n) is 5.87. The van der Waals surface area contributed by atoms with Crippen molar-refractivity contribution in [3.05, 3.63) is 12.2 Å². The summed E-state index contributed by atoms with van der Waals surface area (Å²) in [5.41, 5.74) is 0.264. The fourth-order valence-electron chi connectivity index (χ4n) is 0.151. The third-order valence-corrected chi connectivity index (χ3v) is 1.36. The number of carboxylic acid groups (broad SMARTS) is 1. The molecule has 0 aliphatic rings. The molecule has 0 aliphatic heterocycles. The molecule has 9 heteroatoms. The van der Waals surface area contributed by atoms with E-state index >= 15 is 0 Å². The number of aliphatic carboxylic acids is 1. The third-order valence-electron chi connectivity index (χ3n) is 0.940. The summed E-state index contributed by atoms with van der Waals surface area (Å²) in [4.78, 5) is 13.8. The van der Waals surface area contributed by atoms with Crippen molar-refractivity contribution >= 4 is 16.4 Å². The average Bonchev–Trinajstić information content (AvgIpc) is 2.26. The van der Waals surface area contributed by atoms with Crippen LogP contribution < -0.4 is 0 Å². The minimum atomic E-state index is -4.16. The van der Waals surface area contributed by atoms with Crippen molar-refractivity contribution in [2.75, 3.05) is 49.4 Å². The van der Waals surface area contributed by atoms with Gasteiger partial charge in [0.2, 0.25) is 0 Å². The molecule has 0 aliphatic carbocycles. The van der Waals surface area contributed by atoms with Crippen LogP contribution in [0.5, 0.6) is 0 Å². The fourth-order valence-corrected chi connectivity index (χ4v) is 0.151. The van der Waals surface area contributed by atoms with Gasteiger partial charge < -0.3 is 14.9 Å². The average molecular weight is 330 g/mol. The van der Waals surface area contributed by atoms with Crippen LogP contribution in [0.3, 0.4) is 0 Å². The van der Waals surface area contributed by atoms with Crippen LogP contribution in [0.4, 0.5) is 0 Å². The molecule has 0 heterocycles. The van der Waals surface area contributed by atoms with E-state index in [1.165, 1.54) is 0 Å². The number of rotatable bonds is 3. The van der Waals surface area contributed by atoms with Gasteiger partial charge in [-0.2, -0.15) is 8.42 Å². The minimum absolute atomic E-state index is 0.264. The van der Waals surface area contributed by atoms with Gasteiger partial charge in [0.1, 0.15) is 0 Å². The van der Waals surface area contributed by atoms with E-state index in [0.717, 1.165) is 7.11 Å². The quantitative estimate of drug-likeness (QED) is 0.579. The lowest BCUT2D eigenvalue weighted by atomic mass is 10.2. The summed E-state index contributed by atoms with van der Waals surface area (Å²) in [6.07, 6.45) is 0.523. The van der Waals surface area contributed by atoms with Gasteiger partial charge in [0, 0.05) is 5.57 Å². The number of carbonyl (C=O) groups is 1. The van der Waals surface area contributed by atoms with Gasteiger partial charge in [-0.15, -0.1) is 0 Å². The predicted octanol–water partition coefficient (Wildman–Crippen LogP) is 0.828. The topological polar surface area (TPSA) is 107 Å². The summed E-state index contributed by atoms with van der Waals surface area (Å²) in [5.74, 6) is -0.900. The summed E-state index contributed by atoms with van der Waals surface area (Å²) in [7, 11) is 8.71. The Morgan fingerprint density at radius 1 is 1.10 bits per heavy atom. The largest absolute Gasteiger partial charge is 0.478 e. The summed E-state index contributed by atoms with van der Waals surface area (Å²) in [6, 6.07) is 0. The van der Waals surface area contributed by atoms with Crippen LogP contribution in [-0.2, 0) is 19.4 Å². The molecule has 0 aromatic carbocycles. The van der Waals surface area contributed by atoms with Crippen molar-refractivity contribution in [1.29, 1.82) is 0 Å². The van der Waals surface area contributed by atoms with Crippen molar-refractivity contribution in [2.24, 2.45) is 0 Å². The fraction of sp³-hybridized carbons (Fsp3) is 0.750. The second-order valence-corrected chi connectivity index (χ2v) is 5.73. The molecular weight excluding hydrogens is 300 g/mol. The first kappa shape index (κ1) is 28.2. The number of hydrogen-bond donors (Lipinski definition) is 2. The Hall–Kier alpha value is -1.00. The van der Waals surface area contributed by atoms with Gasteiger partial charge in [-0.25, -0.2) is 4.79 Å². The lowest BCUT2D eigenvalue weighted by Gasteiger charge is -1.90. The van der Waals surface area contributed by atoms with E-state index in [4.69, 9.17) is 9.66 Å². The van der Waals surface area contributed by atoms with Crippen LogP contribution >= 0.6 is 0 Å². The molecule has 0 amide bonds. The van der Waals surface area contributed by atoms with Gasteiger partial charge in [-0.05, 0) is 48.7 Å². The zero-order valence-corrected chi connectivity index (χ0v) is 15.1. The maximum absolute atomic E-state index is 9.83. The molecule has 21 heavy (non-hydrogen) atoms. The lowest BCUT2D eigenvalue weighted by Crippen LogP contribution is -1.99. The highest BCUT2D eigenvalue weighted by Crippen LogP contribution is 1.93. The Bertz CT molecular complexity index is 341. The zero-order chi connectivity index (χ0) is 18.2. The molecule has 130 valence electrons. The Morgan fingerprint density at radius 2 is 1.29 bits per heavy atom. The van der Waals surface area contributed by atoms with E-state index in [9.17, 15) is 13.2 Å². The molecule has 2 N–H and O–H groups in total. The normalized spacial score (nSPS) is 9.48. The summed E-state index contributed by atoms with van der Waals surface area (Å²) < 4.78 is 29.7. The molecular formula is C12H30N2O6S. The van der Waals surface area contributed by atoms with Crippen molar-refractivity contribution in [2.45, 2.75) is 13.3 Å². The number of nitrogens with zero attached hydrogens (tertiary/aromatic N) is 2. The first-order valence-corrected chi connectivity index (χ1v) is 7.23. The molecule has 0 saturated carbocycles. The lowest BCUT2D eigenvalue weighted by molar-refractivity contribution is -0.132. The van der Waals surface area contributed by atoms with Crippen molar-refractivity contribution in [3.8, 4) is 0 Å². The van der Waals surface area contributed by atoms with E-state index in [1.54, 1.807) is 6.92 Å². The highest BCUT2D eigenvalue weighted by molar-refractivity contribution is 7.80. The van der Waals surface area contributed by atoms with Crippen LogP contribution in [0.1, 0.15) is 13.3 Å². The molecule has 0 aromatic rings. The highest BCUT2D eigenvalue weighted by Gasteiger charge is 1.96. The van der Waals surface area contributed by atoms with Crippen LogP contribution in [-0.4, -0.2) is 83.2 Å². The van der Waals surface area contributed by atoms with Crippen LogP contribution in [0.15, 0.2) is 12.2 Å². The van der Waals surface area contributed by atoms with Gasteiger partial charge in [-0.1, -0.05) is 13.5 Å². The van der Waals surface area contributed by atoms with Crippen molar-refractivity contribution in [1.82, 2.24) is 9.80 Å². The Morgan fingerprint density at radius 3 is 1.29 bits per heavy atom. The molecule has 0 atom stereocenters. The Labute approximate surface area is 129 Å². The third kappa shape index (κ3) is 85.8. The van der Waals surface area contributed by atoms with Crippen LogP contribution in [0.2, 0.25) is 0 Å². The van der Waals surface area contributed by atoms with Crippen molar-refractivity contribution < 1.29 is 27.1 Å². The predicted molar refractivity (Wildman–Crippen MR) is 84.8 cm³/mol. The molecule has 0 radical (unpaired) electrons. The first-order chi connectivity index (χ1) is 9.21. The van der Waals surface area contributed by atoms with Gasteiger partial charge in [-0.3, -0.25) is 8.74 Å². The zero-order valence-electron chi connectivity index (χ0n) is 14.2. The Balaban J connectivity index is -0.0000000948.